The third-order valence-electron chi connectivity index (χ3n) is 2.52. The third kappa shape index (κ3) is 3.83. The molecule has 0 fully saturated rings. The highest BCUT2D eigenvalue weighted by Gasteiger charge is 2.11. The van der Waals surface area contributed by atoms with Crippen LogP contribution >= 0.6 is 11.6 Å². The van der Waals surface area contributed by atoms with Gasteiger partial charge in [-0.05, 0) is 18.2 Å². The van der Waals surface area contributed by atoms with E-state index in [1.165, 1.54) is 18.3 Å². The molecule has 0 aliphatic rings. The second-order valence-electron chi connectivity index (χ2n) is 3.93. The van der Waals surface area contributed by atoms with E-state index in [9.17, 15) is 10.1 Å². The summed E-state index contributed by atoms with van der Waals surface area (Å²) in [5.41, 5.74) is 6.73. The van der Waals surface area contributed by atoms with Gasteiger partial charge >= 0.3 is 0 Å². The van der Waals surface area contributed by atoms with Crippen molar-refractivity contribution in [2.45, 2.75) is 0 Å². The van der Waals surface area contributed by atoms with Crippen LogP contribution in [0.4, 0.5) is 5.69 Å². The van der Waals surface area contributed by atoms with Gasteiger partial charge in [0, 0.05) is 29.6 Å². The number of halogens is 1. The fourth-order valence-corrected chi connectivity index (χ4v) is 1.67. The molecule has 0 radical (unpaired) electrons. The number of hydrogen-bond donors (Lipinski definition) is 1. The van der Waals surface area contributed by atoms with Gasteiger partial charge in [0.1, 0.15) is 5.02 Å². The van der Waals surface area contributed by atoms with Gasteiger partial charge in [-0.1, -0.05) is 17.7 Å². The maximum Gasteiger partial charge on any atom is 0.288 e. The Kier molecular flexibility index (Phi) is 4.57. The summed E-state index contributed by atoms with van der Waals surface area (Å²) in [7, 11) is 0. The molecule has 21 heavy (non-hydrogen) atoms. The molecule has 8 heteroatoms. The first-order valence-corrected chi connectivity index (χ1v) is 6.16. The van der Waals surface area contributed by atoms with Crippen molar-refractivity contribution in [3.63, 3.8) is 0 Å². The number of benzene rings is 1. The van der Waals surface area contributed by atoms with Gasteiger partial charge in [0.25, 0.3) is 5.69 Å². The van der Waals surface area contributed by atoms with Crippen molar-refractivity contribution in [3.8, 4) is 0 Å². The fourth-order valence-electron chi connectivity index (χ4n) is 1.49. The number of nitro benzene ring substituents is 1. The van der Waals surface area contributed by atoms with Crippen LogP contribution in [0, 0.1) is 10.1 Å². The largest absolute Gasteiger partial charge is 0.382 e. The average Bonchev–Trinajstić information content (AvgIpc) is 2.49. The van der Waals surface area contributed by atoms with Gasteiger partial charge in [-0.2, -0.15) is 5.10 Å². The van der Waals surface area contributed by atoms with E-state index < -0.39 is 4.92 Å². The second kappa shape index (κ2) is 6.58. The smallest absolute Gasteiger partial charge is 0.288 e. The maximum absolute atomic E-state index is 10.8. The summed E-state index contributed by atoms with van der Waals surface area (Å²) in [6, 6.07) is 7.72. The van der Waals surface area contributed by atoms with Crippen LogP contribution in [0.3, 0.4) is 0 Å². The van der Waals surface area contributed by atoms with Crippen molar-refractivity contribution < 1.29 is 4.92 Å². The second-order valence-corrected chi connectivity index (χ2v) is 4.34. The van der Waals surface area contributed by atoms with Crippen LogP contribution in [0.15, 0.2) is 52.9 Å². The zero-order valence-electron chi connectivity index (χ0n) is 10.7. The van der Waals surface area contributed by atoms with Crippen molar-refractivity contribution in [1.29, 1.82) is 0 Å². The first-order valence-electron chi connectivity index (χ1n) is 5.79. The predicted octanol–water partition coefficient (Wildman–Crippen LogP) is 2.38. The third-order valence-corrected chi connectivity index (χ3v) is 2.83. The molecule has 0 aliphatic carbocycles. The van der Waals surface area contributed by atoms with E-state index in [4.69, 9.17) is 17.3 Å². The summed E-state index contributed by atoms with van der Waals surface area (Å²) in [4.78, 5) is 14.1. The van der Waals surface area contributed by atoms with Crippen molar-refractivity contribution >= 4 is 29.3 Å². The number of rotatable bonds is 4. The maximum atomic E-state index is 10.8. The Morgan fingerprint density at radius 2 is 2.05 bits per heavy atom. The highest BCUT2D eigenvalue weighted by molar-refractivity contribution is 6.32. The van der Waals surface area contributed by atoms with E-state index in [0.717, 1.165) is 0 Å². The van der Waals surface area contributed by atoms with Gasteiger partial charge in [-0.3, -0.25) is 15.1 Å². The molecule has 7 nitrogen and oxygen atoms in total. The zero-order chi connectivity index (χ0) is 15.2. The molecule has 0 bridgehead atoms. The van der Waals surface area contributed by atoms with Gasteiger partial charge in [-0.25, -0.2) is 0 Å². The summed E-state index contributed by atoms with van der Waals surface area (Å²) in [6.07, 6.45) is 4.53. The highest BCUT2D eigenvalue weighted by atomic mass is 35.5. The quantitative estimate of drug-likeness (QED) is 0.405. The molecule has 0 aliphatic heterocycles. The number of nitrogens with two attached hydrogens (primary N) is 1. The van der Waals surface area contributed by atoms with E-state index in [-0.39, 0.29) is 16.5 Å². The van der Waals surface area contributed by atoms with Crippen LogP contribution < -0.4 is 5.73 Å². The first-order chi connectivity index (χ1) is 10.1. The normalized spacial score (nSPS) is 11.8. The Hall–Kier alpha value is -2.80. The molecule has 0 saturated carbocycles. The van der Waals surface area contributed by atoms with E-state index in [1.807, 2.05) is 0 Å². The molecule has 0 saturated heterocycles. The summed E-state index contributed by atoms with van der Waals surface area (Å²) in [6.45, 7) is 0. The van der Waals surface area contributed by atoms with Crippen LogP contribution in [0.2, 0.25) is 5.02 Å². The SMILES string of the molecule is N/C(=N\N=C\c1ccc(Cl)c([N+](=O)[O-])c1)c1ccncc1. The molecule has 106 valence electrons. The van der Waals surface area contributed by atoms with E-state index in [1.54, 1.807) is 30.6 Å². The molecule has 1 aromatic carbocycles. The van der Waals surface area contributed by atoms with Gasteiger partial charge < -0.3 is 5.73 Å². The van der Waals surface area contributed by atoms with Gasteiger partial charge in [-0.15, -0.1) is 5.10 Å². The molecule has 1 heterocycles. The van der Waals surface area contributed by atoms with Crippen LogP contribution in [0.5, 0.6) is 0 Å². The van der Waals surface area contributed by atoms with E-state index in [0.29, 0.717) is 11.1 Å². The van der Waals surface area contributed by atoms with Crippen molar-refractivity contribution in [3.05, 3.63) is 69.0 Å². The van der Waals surface area contributed by atoms with Crippen molar-refractivity contribution in [2.24, 2.45) is 15.9 Å². The topological polar surface area (TPSA) is 107 Å². The van der Waals surface area contributed by atoms with Crippen molar-refractivity contribution in [1.82, 2.24) is 4.98 Å². The van der Waals surface area contributed by atoms with Gasteiger partial charge in [0.15, 0.2) is 5.84 Å². The Labute approximate surface area is 124 Å². The molecule has 1 aromatic heterocycles. The molecule has 2 aromatic rings. The number of amidine groups is 1. The number of aromatic nitrogens is 1. The van der Waals surface area contributed by atoms with Crippen LogP contribution in [0.25, 0.3) is 0 Å². The number of hydrogen-bond acceptors (Lipinski definition) is 5. The standard InChI is InChI=1S/C13H10ClN5O2/c14-11-2-1-9(7-12(11)19(20)21)8-17-18-13(15)10-3-5-16-6-4-10/h1-8H,(H2,15,18)/b17-8+. The van der Waals surface area contributed by atoms with Crippen LogP contribution in [-0.4, -0.2) is 22.0 Å². The summed E-state index contributed by atoms with van der Waals surface area (Å²) in [5.74, 6) is 0.220. The molecule has 0 amide bonds. The lowest BCUT2D eigenvalue weighted by molar-refractivity contribution is -0.384. The monoisotopic (exact) mass is 303 g/mol. The van der Waals surface area contributed by atoms with Crippen LogP contribution in [0.1, 0.15) is 11.1 Å². The number of nitro groups is 1. The van der Waals surface area contributed by atoms with Crippen molar-refractivity contribution in [2.75, 3.05) is 0 Å². The van der Waals surface area contributed by atoms with E-state index in [2.05, 4.69) is 15.2 Å². The number of pyridine rings is 1. The van der Waals surface area contributed by atoms with E-state index >= 15 is 0 Å². The molecule has 2 N–H and O–H groups in total. The zero-order valence-corrected chi connectivity index (χ0v) is 11.4. The lowest BCUT2D eigenvalue weighted by atomic mass is 10.2. The molecule has 2 rings (SSSR count). The molecule has 0 unspecified atom stereocenters. The minimum atomic E-state index is -0.561. The molecule has 0 atom stereocenters. The summed E-state index contributed by atoms with van der Waals surface area (Å²) >= 11 is 5.72. The van der Waals surface area contributed by atoms with Crippen LogP contribution in [-0.2, 0) is 0 Å². The minimum absolute atomic E-state index is 0.0666. The molecular weight excluding hydrogens is 294 g/mol. The lowest BCUT2D eigenvalue weighted by Gasteiger charge is -1.97. The minimum Gasteiger partial charge on any atom is -0.382 e. The first kappa shape index (κ1) is 14.6. The summed E-state index contributed by atoms with van der Waals surface area (Å²) in [5, 5.41) is 18.5. The lowest BCUT2D eigenvalue weighted by Crippen LogP contribution is -2.12. The molecule has 0 spiro atoms. The predicted molar refractivity (Wildman–Crippen MR) is 80.7 cm³/mol. The Morgan fingerprint density at radius 1 is 1.33 bits per heavy atom. The Balaban J connectivity index is 2.18. The Bertz CT molecular complexity index is 716. The highest BCUT2D eigenvalue weighted by Crippen LogP contribution is 2.24. The number of nitrogens with zero attached hydrogens (tertiary/aromatic N) is 4. The fraction of sp³-hybridized carbons (Fsp3) is 0. The molecular formula is C13H10ClN5O2. The van der Waals surface area contributed by atoms with Gasteiger partial charge in [0.2, 0.25) is 0 Å². The average molecular weight is 304 g/mol. The Morgan fingerprint density at radius 3 is 2.71 bits per heavy atom. The summed E-state index contributed by atoms with van der Waals surface area (Å²) < 4.78 is 0. The van der Waals surface area contributed by atoms with Gasteiger partial charge in [0.05, 0.1) is 11.1 Å².